The second-order valence-corrected chi connectivity index (χ2v) is 3.57. The van der Waals surface area contributed by atoms with Crippen molar-refractivity contribution in [2.75, 3.05) is 6.54 Å². The van der Waals surface area contributed by atoms with E-state index in [0.717, 1.165) is 5.57 Å². The van der Waals surface area contributed by atoms with Gasteiger partial charge in [-0.2, -0.15) is 0 Å². The molecule has 0 spiro atoms. The Morgan fingerprint density at radius 2 is 1.74 bits per heavy atom. The highest BCUT2D eigenvalue weighted by molar-refractivity contribution is 5.97. The number of hydrogen-bond donors (Lipinski definition) is 1. The number of amides is 1. The topological polar surface area (TPSA) is 46.2 Å². The smallest absolute Gasteiger partial charge is 0.219 e. The number of hydrogen-bond acceptors (Lipinski definition) is 2. The lowest BCUT2D eigenvalue weighted by Crippen LogP contribution is -2.24. The molecule has 0 heterocycles. The lowest BCUT2D eigenvalue weighted by molar-refractivity contribution is -0.120. The zero-order valence-corrected chi connectivity index (χ0v) is 12.9. The van der Waals surface area contributed by atoms with Gasteiger partial charge in [0.05, 0.1) is 0 Å². The number of ketones is 1. The molecular weight excluding hydrogens is 238 g/mol. The van der Waals surface area contributed by atoms with Crippen LogP contribution >= 0.6 is 0 Å². The molecule has 3 nitrogen and oxygen atoms in total. The fourth-order valence-electron chi connectivity index (χ4n) is 1.24. The van der Waals surface area contributed by atoms with E-state index in [-0.39, 0.29) is 11.7 Å². The minimum atomic E-state index is -0.0124. The second kappa shape index (κ2) is 12.8. The average Bonchev–Trinajstić information content (AvgIpc) is 2.48. The van der Waals surface area contributed by atoms with Gasteiger partial charge in [-0.1, -0.05) is 46.4 Å². The summed E-state index contributed by atoms with van der Waals surface area (Å²) in [5.74, 6) is 0.0789. The molecule has 0 unspecified atom stereocenters. The molecule has 0 bridgehead atoms. The van der Waals surface area contributed by atoms with Gasteiger partial charge in [-0.3, -0.25) is 9.59 Å². The number of carbonyl (C=O) groups excluding carboxylic acids is 2. The first kappa shape index (κ1) is 19.7. The predicted octanol–water partition coefficient (Wildman–Crippen LogP) is 3.58. The van der Waals surface area contributed by atoms with Gasteiger partial charge in [0.1, 0.15) is 0 Å². The van der Waals surface area contributed by atoms with Crippen molar-refractivity contribution in [1.29, 1.82) is 0 Å². The Labute approximate surface area is 117 Å². The van der Waals surface area contributed by atoms with Crippen molar-refractivity contribution < 1.29 is 9.59 Å². The van der Waals surface area contributed by atoms with Crippen LogP contribution in [0.4, 0.5) is 0 Å². The molecule has 3 heteroatoms. The molecular formula is C16H27NO2. The number of Topliss-reactive ketones (excluding diaryl/α,β-unsaturated/α-hetero) is 1. The second-order valence-electron chi connectivity index (χ2n) is 3.57. The van der Waals surface area contributed by atoms with Gasteiger partial charge in [0.2, 0.25) is 5.91 Å². The van der Waals surface area contributed by atoms with Gasteiger partial charge >= 0.3 is 0 Å². The van der Waals surface area contributed by atoms with E-state index < -0.39 is 0 Å². The van der Waals surface area contributed by atoms with E-state index in [0.29, 0.717) is 25.0 Å². The molecule has 0 fully saturated rings. The molecule has 19 heavy (non-hydrogen) atoms. The van der Waals surface area contributed by atoms with Gasteiger partial charge in [0.25, 0.3) is 0 Å². The highest BCUT2D eigenvalue weighted by atomic mass is 16.1. The third-order valence-corrected chi connectivity index (χ3v) is 2.37. The molecule has 0 aromatic rings. The summed E-state index contributed by atoms with van der Waals surface area (Å²) in [6.07, 6.45) is 6.13. The Hall–Kier alpha value is -1.64. The van der Waals surface area contributed by atoms with E-state index in [1.165, 1.54) is 0 Å². The Morgan fingerprint density at radius 1 is 1.16 bits per heavy atom. The van der Waals surface area contributed by atoms with Gasteiger partial charge in [0, 0.05) is 25.0 Å². The number of nitrogens with one attached hydrogen (secondary N) is 1. The van der Waals surface area contributed by atoms with Crippen LogP contribution in [-0.4, -0.2) is 18.2 Å². The molecule has 0 aromatic carbocycles. The maximum Gasteiger partial charge on any atom is 0.219 e. The van der Waals surface area contributed by atoms with Crippen molar-refractivity contribution in [3.63, 3.8) is 0 Å². The number of allylic oxidation sites excluding steroid dienone is 3. The summed E-state index contributed by atoms with van der Waals surface area (Å²) in [4.78, 5) is 22.7. The molecule has 0 aliphatic rings. The van der Waals surface area contributed by atoms with Crippen LogP contribution in [0.25, 0.3) is 0 Å². The van der Waals surface area contributed by atoms with Gasteiger partial charge in [-0.15, -0.1) is 0 Å². The molecule has 0 saturated carbocycles. The predicted molar refractivity (Wildman–Crippen MR) is 82.0 cm³/mol. The van der Waals surface area contributed by atoms with Gasteiger partial charge in [-0.05, 0) is 18.6 Å². The SMILES string of the molecule is C=C/C(=C\C(=C/C)C(=O)CC)CNC(=O)CC.CC. The summed E-state index contributed by atoms with van der Waals surface area (Å²) >= 11 is 0. The highest BCUT2D eigenvalue weighted by Gasteiger charge is 2.04. The Bertz CT molecular complexity index is 352. The van der Waals surface area contributed by atoms with E-state index in [2.05, 4.69) is 11.9 Å². The Morgan fingerprint density at radius 3 is 2.11 bits per heavy atom. The third kappa shape index (κ3) is 9.00. The largest absolute Gasteiger partial charge is 0.352 e. The molecule has 0 aliphatic heterocycles. The van der Waals surface area contributed by atoms with Crippen LogP contribution in [0, 0.1) is 0 Å². The molecule has 1 N–H and O–H groups in total. The fraction of sp³-hybridized carbons (Fsp3) is 0.500. The van der Waals surface area contributed by atoms with E-state index in [4.69, 9.17) is 0 Å². The molecule has 0 atom stereocenters. The van der Waals surface area contributed by atoms with Crippen molar-refractivity contribution >= 4 is 11.7 Å². The normalized spacial score (nSPS) is 11.2. The van der Waals surface area contributed by atoms with Crippen LogP contribution in [0.1, 0.15) is 47.5 Å². The molecule has 0 radical (unpaired) electrons. The van der Waals surface area contributed by atoms with E-state index in [1.807, 2.05) is 27.7 Å². The summed E-state index contributed by atoms with van der Waals surface area (Å²) in [7, 11) is 0. The Balaban J connectivity index is 0. The van der Waals surface area contributed by atoms with Crippen molar-refractivity contribution in [2.24, 2.45) is 0 Å². The standard InChI is InChI=1S/C14H21NO2.C2H6/c1-5-11(10-15-14(17)8-4)9-12(6-2)13(16)7-3;1-2/h5-6,9H,1,7-8,10H2,2-4H3,(H,15,17);1-2H3/b11-9+,12-6+;. The molecule has 1 amide bonds. The molecule has 0 rings (SSSR count). The number of rotatable bonds is 7. The van der Waals surface area contributed by atoms with Gasteiger partial charge in [0.15, 0.2) is 5.78 Å². The van der Waals surface area contributed by atoms with E-state index in [9.17, 15) is 9.59 Å². The fourth-order valence-corrected chi connectivity index (χ4v) is 1.24. The monoisotopic (exact) mass is 265 g/mol. The van der Waals surface area contributed by atoms with Crippen molar-refractivity contribution in [1.82, 2.24) is 5.32 Å². The van der Waals surface area contributed by atoms with Crippen molar-refractivity contribution in [3.8, 4) is 0 Å². The summed E-state index contributed by atoms with van der Waals surface area (Å²) < 4.78 is 0. The van der Waals surface area contributed by atoms with Crippen molar-refractivity contribution in [2.45, 2.75) is 47.5 Å². The van der Waals surface area contributed by atoms with E-state index in [1.54, 1.807) is 25.2 Å². The van der Waals surface area contributed by atoms with Crippen LogP contribution < -0.4 is 5.32 Å². The zero-order valence-electron chi connectivity index (χ0n) is 12.9. The summed E-state index contributed by atoms with van der Waals surface area (Å²) in [5, 5.41) is 2.75. The van der Waals surface area contributed by atoms with Gasteiger partial charge in [-0.25, -0.2) is 0 Å². The minimum absolute atomic E-state index is 0.0124. The van der Waals surface area contributed by atoms with Crippen LogP contribution in [-0.2, 0) is 9.59 Å². The van der Waals surface area contributed by atoms with Crippen LogP contribution in [0.2, 0.25) is 0 Å². The summed E-state index contributed by atoms with van der Waals surface area (Å²) in [6, 6.07) is 0. The summed E-state index contributed by atoms with van der Waals surface area (Å²) in [5.41, 5.74) is 1.50. The minimum Gasteiger partial charge on any atom is -0.352 e. The first-order chi connectivity index (χ1) is 9.08. The molecule has 108 valence electrons. The lowest BCUT2D eigenvalue weighted by atomic mass is 10.1. The maximum atomic E-state index is 11.6. The maximum absolute atomic E-state index is 11.6. The third-order valence-electron chi connectivity index (χ3n) is 2.37. The first-order valence-corrected chi connectivity index (χ1v) is 6.88. The van der Waals surface area contributed by atoms with Crippen LogP contribution in [0.5, 0.6) is 0 Å². The lowest BCUT2D eigenvalue weighted by Gasteiger charge is -2.06. The van der Waals surface area contributed by atoms with Crippen LogP contribution in [0.3, 0.4) is 0 Å². The average molecular weight is 265 g/mol. The van der Waals surface area contributed by atoms with Crippen LogP contribution in [0.15, 0.2) is 36.0 Å². The highest BCUT2D eigenvalue weighted by Crippen LogP contribution is 2.07. The molecule has 0 aliphatic carbocycles. The quantitative estimate of drug-likeness (QED) is 0.565. The van der Waals surface area contributed by atoms with Crippen molar-refractivity contribution in [3.05, 3.63) is 36.0 Å². The first-order valence-electron chi connectivity index (χ1n) is 6.88. The number of carbonyl (C=O) groups is 2. The van der Waals surface area contributed by atoms with E-state index >= 15 is 0 Å². The summed E-state index contributed by atoms with van der Waals surface area (Å²) in [6.45, 7) is 13.5. The zero-order chi connectivity index (χ0) is 15.3. The van der Waals surface area contributed by atoms with Gasteiger partial charge < -0.3 is 5.32 Å². The Kier molecular flexibility index (Phi) is 13.3. The molecule has 0 aromatic heterocycles. The molecule has 0 saturated heterocycles.